The Morgan fingerprint density at radius 2 is 1.57 bits per heavy atom. The molecular formula is C4H4OS2. The number of rotatable bonds is 0. The zero-order valence-corrected chi connectivity index (χ0v) is 5.25. The molecule has 1 rings (SSSR count). The van der Waals surface area contributed by atoms with Crippen molar-refractivity contribution in [2.45, 2.75) is 10.2 Å². The van der Waals surface area contributed by atoms with E-state index in [-0.39, 0.29) is 0 Å². The van der Waals surface area contributed by atoms with Gasteiger partial charge in [0.1, 0.15) is 0 Å². The van der Waals surface area contributed by atoms with Crippen LogP contribution >= 0.6 is 25.3 Å². The van der Waals surface area contributed by atoms with Gasteiger partial charge in [0.05, 0.1) is 0 Å². The molecule has 0 N–H and O–H groups in total. The van der Waals surface area contributed by atoms with Crippen molar-refractivity contribution in [3.05, 3.63) is 12.1 Å². The van der Waals surface area contributed by atoms with Gasteiger partial charge in [-0.05, 0) is 12.1 Å². The Labute approximate surface area is 52.5 Å². The van der Waals surface area contributed by atoms with Crippen LogP contribution in [-0.2, 0) is 0 Å². The molecule has 0 unspecified atom stereocenters. The van der Waals surface area contributed by atoms with Crippen LogP contribution in [0.15, 0.2) is 26.7 Å². The molecule has 3 heteroatoms. The topological polar surface area (TPSA) is 13.1 Å². The van der Waals surface area contributed by atoms with E-state index in [1.54, 1.807) is 12.1 Å². The van der Waals surface area contributed by atoms with E-state index in [9.17, 15) is 0 Å². The maximum atomic E-state index is 4.81. The fourth-order valence-electron chi connectivity index (χ4n) is 0.318. The first-order chi connectivity index (χ1) is 3.29. The first kappa shape index (κ1) is 5.12. The zero-order chi connectivity index (χ0) is 5.28. The molecule has 1 aromatic heterocycles. The monoisotopic (exact) mass is 132 g/mol. The van der Waals surface area contributed by atoms with E-state index in [1.165, 1.54) is 0 Å². The molecule has 0 amide bonds. The molecule has 38 valence electrons. The second-order valence-electron chi connectivity index (χ2n) is 1.11. The second-order valence-corrected chi connectivity index (χ2v) is 1.99. The third-order valence-electron chi connectivity index (χ3n) is 0.578. The van der Waals surface area contributed by atoms with Crippen molar-refractivity contribution in [3.8, 4) is 0 Å². The normalized spacial score (nSPS) is 9.43. The summed E-state index contributed by atoms with van der Waals surface area (Å²) in [6, 6.07) is 3.48. The molecule has 0 bridgehead atoms. The molecule has 0 fully saturated rings. The standard InChI is InChI=1S/C4H4OS2/c6-3-1-2-4(7)5-3/h1-2,6-7H. The third-order valence-corrected chi connectivity index (χ3v) is 1.06. The highest BCUT2D eigenvalue weighted by molar-refractivity contribution is 7.80. The summed E-state index contributed by atoms with van der Waals surface area (Å²) >= 11 is 7.78. The van der Waals surface area contributed by atoms with E-state index < -0.39 is 0 Å². The predicted molar refractivity (Wildman–Crippen MR) is 33.2 cm³/mol. The van der Waals surface area contributed by atoms with Crippen LogP contribution in [0.2, 0.25) is 0 Å². The van der Waals surface area contributed by atoms with Crippen molar-refractivity contribution in [3.63, 3.8) is 0 Å². The lowest BCUT2D eigenvalue weighted by molar-refractivity contribution is 0.400. The molecule has 0 aliphatic carbocycles. The lowest BCUT2D eigenvalue weighted by Crippen LogP contribution is -1.42. The summed E-state index contributed by atoms with van der Waals surface area (Å²) in [6.45, 7) is 0. The van der Waals surface area contributed by atoms with E-state index >= 15 is 0 Å². The van der Waals surface area contributed by atoms with Crippen LogP contribution in [0.1, 0.15) is 0 Å². The number of hydrogen-bond acceptors (Lipinski definition) is 3. The first-order valence-electron chi connectivity index (χ1n) is 1.77. The molecule has 7 heavy (non-hydrogen) atoms. The Bertz CT molecular complexity index is 142. The van der Waals surface area contributed by atoms with E-state index in [4.69, 9.17) is 4.42 Å². The minimum absolute atomic E-state index is 0.602. The molecule has 1 heterocycles. The summed E-state index contributed by atoms with van der Waals surface area (Å²) in [5.74, 6) is 0. The maximum absolute atomic E-state index is 4.81. The summed E-state index contributed by atoms with van der Waals surface area (Å²) in [6.07, 6.45) is 0. The molecule has 0 saturated carbocycles. The van der Waals surface area contributed by atoms with Gasteiger partial charge in [0.2, 0.25) is 0 Å². The molecule has 0 atom stereocenters. The molecule has 0 spiro atoms. The van der Waals surface area contributed by atoms with Crippen molar-refractivity contribution in [1.82, 2.24) is 0 Å². The van der Waals surface area contributed by atoms with Crippen molar-refractivity contribution >= 4 is 25.3 Å². The minimum atomic E-state index is 0.602. The molecule has 0 aliphatic rings. The lowest BCUT2D eigenvalue weighted by atomic mass is 10.7. The molecule has 1 aromatic rings. The number of furan rings is 1. The Balaban J connectivity index is 3.04. The van der Waals surface area contributed by atoms with Crippen LogP contribution in [0, 0.1) is 0 Å². The summed E-state index contributed by atoms with van der Waals surface area (Å²) in [4.78, 5) is 0. The van der Waals surface area contributed by atoms with Gasteiger partial charge in [-0.1, -0.05) is 0 Å². The quantitative estimate of drug-likeness (QED) is 0.514. The van der Waals surface area contributed by atoms with E-state index in [0.717, 1.165) is 0 Å². The van der Waals surface area contributed by atoms with Gasteiger partial charge in [-0.25, -0.2) is 0 Å². The summed E-state index contributed by atoms with van der Waals surface area (Å²) in [5, 5.41) is 1.20. The second kappa shape index (κ2) is 1.84. The largest absolute Gasteiger partial charge is 0.444 e. The number of hydrogen-bond donors (Lipinski definition) is 2. The van der Waals surface area contributed by atoms with Crippen molar-refractivity contribution in [1.29, 1.82) is 0 Å². The molecule has 0 radical (unpaired) electrons. The Kier molecular flexibility index (Phi) is 1.35. The highest BCUT2D eigenvalue weighted by Crippen LogP contribution is 2.13. The molecule has 0 aliphatic heterocycles. The zero-order valence-electron chi connectivity index (χ0n) is 3.46. The lowest BCUT2D eigenvalue weighted by Gasteiger charge is -1.74. The SMILES string of the molecule is Sc1ccc(S)o1. The summed E-state index contributed by atoms with van der Waals surface area (Å²) < 4.78 is 4.81. The van der Waals surface area contributed by atoms with Crippen LogP contribution in [0.5, 0.6) is 0 Å². The predicted octanol–water partition coefficient (Wildman–Crippen LogP) is 1.86. The average molecular weight is 132 g/mol. The van der Waals surface area contributed by atoms with Gasteiger partial charge in [-0.15, -0.1) is 25.3 Å². The Morgan fingerprint density at radius 3 is 1.71 bits per heavy atom. The molecule has 0 saturated heterocycles. The van der Waals surface area contributed by atoms with E-state index in [2.05, 4.69) is 25.3 Å². The van der Waals surface area contributed by atoms with E-state index in [0.29, 0.717) is 10.2 Å². The van der Waals surface area contributed by atoms with Crippen LogP contribution in [-0.4, -0.2) is 0 Å². The van der Waals surface area contributed by atoms with Crippen LogP contribution in [0.4, 0.5) is 0 Å². The van der Waals surface area contributed by atoms with E-state index in [1.807, 2.05) is 0 Å². The van der Waals surface area contributed by atoms with Gasteiger partial charge in [-0.3, -0.25) is 0 Å². The van der Waals surface area contributed by atoms with Gasteiger partial charge >= 0.3 is 0 Å². The van der Waals surface area contributed by atoms with Crippen LogP contribution in [0.25, 0.3) is 0 Å². The Morgan fingerprint density at radius 1 is 1.14 bits per heavy atom. The fourth-order valence-corrected chi connectivity index (χ4v) is 0.736. The van der Waals surface area contributed by atoms with Crippen molar-refractivity contribution in [2.24, 2.45) is 0 Å². The fraction of sp³-hybridized carbons (Fsp3) is 0. The average Bonchev–Trinajstić information content (AvgIpc) is 1.87. The molecule has 0 aromatic carbocycles. The van der Waals surface area contributed by atoms with Gasteiger partial charge in [0.25, 0.3) is 0 Å². The first-order valence-corrected chi connectivity index (χ1v) is 2.66. The van der Waals surface area contributed by atoms with Crippen LogP contribution < -0.4 is 0 Å². The van der Waals surface area contributed by atoms with Gasteiger partial charge < -0.3 is 4.42 Å². The molecule has 1 nitrogen and oxygen atoms in total. The van der Waals surface area contributed by atoms with Gasteiger partial charge in [0.15, 0.2) is 10.2 Å². The molecular weight excluding hydrogens is 128 g/mol. The van der Waals surface area contributed by atoms with Gasteiger partial charge in [0, 0.05) is 0 Å². The summed E-state index contributed by atoms with van der Waals surface area (Å²) in [7, 11) is 0. The van der Waals surface area contributed by atoms with Gasteiger partial charge in [-0.2, -0.15) is 0 Å². The third kappa shape index (κ3) is 1.17. The minimum Gasteiger partial charge on any atom is -0.444 e. The highest BCUT2D eigenvalue weighted by atomic mass is 32.1. The maximum Gasteiger partial charge on any atom is 0.158 e. The van der Waals surface area contributed by atoms with Crippen molar-refractivity contribution in [2.75, 3.05) is 0 Å². The summed E-state index contributed by atoms with van der Waals surface area (Å²) in [5.41, 5.74) is 0. The Hall–Kier alpha value is -0.0200. The number of thiol groups is 2. The van der Waals surface area contributed by atoms with Crippen molar-refractivity contribution < 1.29 is 4.42 Å². The highest BCUT2D eigenvalue weighted by Gasteiger charge is 1.87. The smallest absolute Gasteiger partial charge is 0.158 e. The van der Waals surface area contributed by atoms with Crippen LogP contribution in [0.3, 0.4) is 0 Å².